The zero-order chi connectivity index (χ0) is 16.4. The van der Waals surface area contributed by atoms with Gasteiger partial charge in [0.05, 0.1) is 31.3 Å². The van der Waals surface area contributed by atoms with Crippen molar-refractivity contribution < 1.29 is 19.7 Å². The SMILES string of the molecule is COc1cc2c(cc1OC)C(c1ccccc1[N+](=O)[O-])[NH2+]CC2. The van der Waals surface area contributed by atoms with Crippen LogP contribution in [0.3, 0.4) is 0 Å². The fourth-order valence-corrected chi connectivity index (χ4v) is 3.19. The summed E-state index contributed by atoms with van der Waals surface area (Å²) in [5.74, 6) is 1.33. The first kappa shape index (κ1) is 15.3. The van der Waals surface area contributed by atoms with E-state index in [1.807, 2.05) is 24.3 Å². The lowest BCUT2D eigenvalue weighted by atomic mass is 9.88. The molecule has 0 spiro atoms. The summed E-state index contributed by atoms with van der Waals surface area (Å²) in [5.41, 5.74) is 3.05. The first-order valence-electron chi connectivity index (χ1n) is 7.47. The second kappa shape index (κ2) is 6.26. The van der Waals surface area contributed by atoms with Crippen LogP contribution < -0.4 is 14.8 Å². The minimum atomic E-state index is -0.321. The van der Waals surface area contributed by atoms with Crippen molar-refractivity contribution in [1.82, 2.24) is 0 Å². The molecule has 1 aliphatic heterocycles. The summed E-state index contributed by atoms with van der Waals surface area (Å²) < 4.78 is 10.8. The molecule has 0 aliphatic carbocycles. The predicted octanol–water partition coefficient (Wildman–Crippen LogP) is 1.82. The number of nitro groups is 1. The number of hydrogen-bond donors (Lipinski definition) is 1. The standard InChI is InChI=1S/C17H18N2O4/c1-22-15-9-11-7-8-18-17(13(11)10-16(15)23-2)12-5-3-4-6-14(12)19(20)21/h3-6,9-10,17-18H,7-8H2,1-2H3/p+1. The number of rotatable bonds is 4. The molecule has 2 aromatic carbocycles. The number of para-hydroxylation sites is 1. The van der Waals surface area contributed by atoms with Gasteiger partial charge in [0, 0.05) is 18.1 Å². The Morgan fingerprint density at radius 1 is 1.13 bits per heavy atom. The second-order valence-electron chi connectivity index (χ2n) is 5.47. The quantitative estimate of drug-likeness (QED) is 0.689. The van der Waals surface area contributed by atoms with Gasteiger partial charge in [-0.15, -0.1) is 0 Å². The topological polar surface area (TPSA) is 78.2 Å². The maximum Gasteiger partial charge on any atom is 0.278 e. The number of nitrogens with zero attached hydrogens (tertiary/aromatic N) is 1. The average molecular weight is 315 g/mol. The number of methoxy groups -OCH3 is 2. The van der Waals surface area contributed by atoms with E-state index in [9.17, 15) is 10.1 Å². The van der Waals surface area contributed by atoms with Crippen LogP contribution in [0, 0.1) is 10.1 Å². The van der Waals surface area contributed by atoms with Gasteiger partial charge >= 0.3 is 0 Å². The van der Waals surface area contributed by atoms with Gasteiger partial charge in [-0.25, -0.2) is 0 Å². The third kappa shape index (κ3) is 2.73. The van der Waals surface area contributed by atoms with Crippen molar-refractivity contribution in [1.29, 1.82) is 0 Å². The molecule has 1 unspecified atom stereocenters. The molecule has 1 heterocycles. The summed E-state index contributed by atoms with van der Waals surface area (Å²) in [6.07, 6.45) is 0.896. The smallest absolute Gasteiger partial charge is 0.278 e. The molecule has 6 heteroatoms. The average Bonchev–Trinajstić information content (AvgIpc) is 2.59. The molecule has 0 bridgehead atoms. The van der Waals surface area contributed by atoms with Crippen molar-refractivity contribution in [2.75, 3.05) is 20.8 Å². The monoisotopic (exact) mass is 315 g/mol. The molecular formula is C17H19N2O4+. The molecule has 3 rings (SSSR count). The van der Waals surface area contributed by atoms with Crippen LogP contribution in [0.1, 0.15) is 22.7 Å². The number of nitrogens with two attached hydrogens (primary N) is 1. The molecule has 0 aromatic heterocycles. The summed E-state index contributed by atoms with van der Waals surface area (Å²) in [6, 6.07) is 10.7. The van der Waals surface area contributed by atoms with Gasteiger partial charge in [0.1, 0.15) is 6.04 Å². The normalized spacial score (nSPS) is 16.5. The summed E-state index contributed by atoms with van der Waals surface area (Å²) in [6.45, 7) is 0.874. The van der Waals surface area contributed by atoms with E-state index >= 15 is 0 Å². The zero-order valence-electron chi connectivity index (χ0n) is 13.1. The predicted molar refractivity (Wildman–Crippen MR) is 85.0 cm³/mol. The van der Waals surface area contributed by atoms with E-state index < -0.39 is 0 Å². The largest absolute Gasteiger partial charge is 0.493 e. The van der Waals surface area contributed by atoms with Crippen LogP contribution in [0.15, 0.2) is 36.4 Å². The Morgan fingerprint density at radius 3 is 2.52 bits per heavy atom. The van der Waals surface area contributed by atoms with E-state index in [2.05, 4.69) is 5.32 Å². The molecule has 0 fully saturated rings. The summed E-state index contributed by atoms with van der Waals surface area (Å²) in [5, 5.41) is 13.5. The van der Waals surface area contributed by atoms with Crippen molar-refractivity contribution >= 4 is 5.69 Å². The number of ether oxygens (including phenoxy) is 2. The van der Waals surface area contributed by atoms with E-state index in [1.165, 1.54) is 0 Å². The maximum atomic E-state index is 11.3. The highest BCUT2D eigenvalue weighted by Crippen LogP contribution is 2.37. The minimum absolute atomic E-state index is 0.111. The first-order chi connectivity index (χ1) is 11.2. The number of hydrogen-bond acceptors (Lipinski definition) is 4. The Bertz CT molecular complexity index is 745. The van der Waals surface area contributed by atoms with Gasteiger partial charge < -0.3 is 14.8 Å². The van der Waals surface area contributed by atoms with Gasteiger partial charge in [0.25, 0.3) is 5.69 Å². The molecule has 0 radical (unpaired) electrons. The molecule has 1 aliphatic rings. The second-order valence-corrected chi connectivity index (χ2v) is 5.47. The molecule has 2 aromatic rings. The number of nitro benzene ring substituents is 1. The molecule has 0 amide bonds. The van der Waals surface area contributed by atoms with E-state index in [4.69, 9.17) is 9.47 Å². The molecule has 23 heavy (non-hydrogen) atoms. The Kier molecular flexibility index (Phi) is 4.16. The molecule has 1 atom stereocenters. The fraction of sp³-hybridized carbons (Fsp3) is 0.294. The lowest BCUT2D eigenvalue weighted by Crippen LogP contribution is -2.87. The van der Waals surface area contributed by atoms with Gasteiger partial charge in [-0.3, -0.25) is 10.1 Å². The fourth-order valence-electron chi connectivity index (χ4n) is 3.19. The van der Waals surface area contributed by atoms with Gasteiger partial charge in [-0.05, 0) is 23.8 Å². The van der Waals surface area contributed by atoms with Crippen LogP contribution >= 0.6 is 0 Å². The molecule has 6 nitrogen and oxygen atoms in total. The summed E-state index contributed by atoms with van der Waals surface area (Å²) in [7, 11) is 3.20. The minimum Gasteiger partial charge on any atom is -0.493 e. The van der Waals surface area contributed by atoms with E-state index in [0.29, 0.717) is 17.1 Å². The van der Waals surface area contributed by atoms with Gasteiger partial charge in [0.2, 0.25) is 0 Å². The van der Waals surface area contributed by atoms with E-state index in [-0.39, 0.29) is 16.7 Å². The van der Waals surface area contributed by atoms with Crippen LogP contribution in [0.5, 0.6) is 11.5 Å². The Hall–Kier alpha value is -2.60. The first-order valence-corrected chi connectivity index (χ1v) is 7.47. The van der Waals surface area contributed by atoms with Crippen LogP contribution in [-0.2, 0) is 6.42 Å². The third-order valence-electron chi connectivity index (χ3n) is 4.27. The lowest BCUT2D eigenvalue weighted by molar-refractivity contribution is -0.690. The van der Waals surface area contributed by atoms with E-state index in [0.717, 1.165) is 24.1 Å². The van der Waals surface area contributed by atoms with Gasteiger partial charge in [0.15, 0.2) is 11.5 Å². The molecule has 0 saturated heterocycles. The van der Waals surface area contributed by atoms with Crippen molar-refractivity contribution in [3.8, 4) is 11.5 Å². The summed E-state index contributed by atoms with van der Waals surface area (Å²) in [4.78, 5) is 11.0. The van der Waals surface area contributed by atoms with E-state index in [1.54, 1.807) is 26.4 Å². The number of benzene rings is 2. The lowest BCUT2D eigenvalue weighted by Gasteiger charge is -2.25. The Morgan fingerprint density at radius 2 is 1.83 bits per heavy atom. The summed E-state index contributed by atoms with van der Waals surface area (Å²) >= 11 is 0. The Labute approximate surface area is 134 Å². The number of fused-ring (bicyclic) bond motifs is 1. The highest BCUT2D eigenvalue weighted by atomic mass is 16.6. The zero-order valence-corrected chi connectivity index (χ0v) is 13.1. The van der Waals surface area contributed by atoms with Gasteiger partial charge in [-0.1, -0.05) is 12.1 Å². The van der Waals surface area contributed by atoms with Crippen molar-refractivity contribution in [3.05, 3.63) is 63.2 Å². The number of quaternary nitrogens is 1. The van der Waals surface area contributed by atoms with Crippen molar-refractivity contribution in [2.24, 2.45) is 0 Å². The van der Waals surface area contributed by atoms with Crippen LogP contribution in [0.25, 0.3) is 0 Å². The van der Waals surface area contributed by atoms with Crippen molar-refractivity contribution in [2.45, 2.75) is 12.5 Å². The maximum absolute atomic E-state index is 11.3. The molecule has 2 N–H and O–H groups in total. The highest BCUT2D eigenvalue weighted by molar-refractivity contribution is 5.53. The van der Waals surface area contributed by atoms with Gasteiger partial charge in [-0.2, -0.15) is 0 Å². The Balaban J connectivity index is 2.14. The molecule has 120 valence electrons. The van der Waals surface area contributed by atoms with Crippen LogP contribution in [0.2, 0.25) is 0 Å². The highest BCUT2D eigenvalue weighted by Gasteiger charge is 2.31. The van der Waals surface area contributed by atoms with Crippen LogP contribution in [0.4, 0.5) is 5.69 Å². The third-order valence-corrected chi connectivity index (χ3v) is 4.27. The molecular weight excluding hydrogens is 296 g/mol. The van der Waals surface area contributed by atoms with Crippen LogP contribution in [-0.4, -0.2) is 25.7 Å². The molecule has 0 saturated carbocycles. The van der Waals surface area contributed by atoms with Crippen molar-refractivity contribution in [3.63, 3.8) is 0 Å².